The van der Waals surface area contributed by atoms with E-state index in [1.54, 1.807) is 18.5 Å². The average Bonchev–Trinajstić information content (AvgIpc) is 2.95. The Balaban J connectivity index is 1.82. The molecule has 0 unspecified atom stereocenters. The van der Waals surface area contributed by atoms with Crippen LogP contribution in [0.25, 0.3) is 0 Å². The monoisotopic (exact) mass is 312 g/mol. The molecule has 3 heterocycles. The van der Waals surface area contributed by atoms with Gasteiger partial charge in [-0.2, -0.15) is 0 Å². The summed E-state index contributed by atoms with van der Waals surface area (Å²) in [6.07, 6.45) is 5.81. The molecule has 0 amide bonds. The van der Waals surface area contributed by atoms with Gasteiger partial charge in [0, 0.05) is 25.0 Å². The molecule has 2 aromatic rings. The number of anilines is 2. The first-order valence-electron chi connectivity index (χ1n) is 8.25. The summed E-state index contributed by atoms with van der Waals surface area (Å²) in [6.45, 7) is 8.72. The predicted octanol–water partition coefficient (Wildman–Crippen LogP) is 3.11. The van der Waals surface area contributed by atoms with Crippen LogP contribution >= 0.6 is 0 Å². The fraction of sp³-hybridized carbons (Fsp3) is 0.529. The van der Waals surface area contributed by atoms with Crippen molar-refractivity contribution < 1.29 is 0 Å². The van der Waals surface area contributed by atoms with Crippen LogP contribution in [0.4, 0.5) is 11.8 Å². The number of rotatable bonds is 5. The molecule has 1 saturated heterocycles. The maximum atomic E-state index is 4.68. The standard InChI is InChI=1S/C17H24N6/c1-12(2)11-23-9-4-6-15(23)14-10-16(21-13(3)20-14)22-17-18-7-5-8-19-17/h5,7-8,10,12,15H,4,6,9,11H2,1-3H3,(H,18,19,20,21,22)/t15-/m0/s1. The first kappa shape index (κ1) is 15.8. The Morgan fingerprint density at radius 1 is 1.26 bits per heavy atom. The third-order valence-electron chi connectivity index (χ3n) is 3.97. The fourth-order valence-corrected chi connectivity index (χ4v) is 3.15. The van der Waals surface area contributed by atoms with Crippen molar-refractivity contribution in [1.82, 2.24) is 24.8 Å². The Morgan fingerprint density at radius 2 is 2.04 bits per heavy atom. The van der Waals surface area contributed by atoms with Gasteiger partial charge in [-0.05, 0) is 38.3 Å². The molecule has 0 aromatic carbocycles. The molecule has 0 radical (unpaired) electrons. The van der Waals surface area contributed by atoms with Gasteiger partial charge >= 0.3 is 0 Å². The molecule has 2 aromatic heterocycles. The highest BCUT2D eigenvalue weighted by atomic mass is 15.2. The third kappa shape index (κ3) is 4.01. The summed E-state index contributed by atoms with van der Waals surface area (Å²) >= 11 is 0. The number of aryl methyl sites for hydroxylation is 1. The van der Waals surface area contributed by atoms with Gasteiger partial charge in [0.25, 0.3) is 0 Å². The summed E-state index contributed by atoms with van der Waals surface area (Å²) in [5, 5.41) is 3.17. The highest BCUT2D eigenvalue weighted by Crippen LogP contribution is 2.32. The highest BCUT2D eigenvalue weighted by Gasteiger charge is 2.28. The molecule has 0 saturated carbocycles. The van der Waals surface area contributed by atoms with Crippen molar-refractivity contribution in [1.29, 1.82) is 0 Å². The number of hydrogen-bond donors (Lipinski definition) is 1. The van der Waals surface area contributed by atoms with Crippen LogP contribution in [0.5, 0.6) is 0 Å². The number of nitrogens with zero attached hydrogens (tertiary/aromatic N) is 5. The van der Waals surface area contributed by atoms with Crippen molar-refractivity contribution >= 4 is 11.8 Å². The molecule has 23 heavy (non-hydrogen) atoms. The Bertz CT molecular complexity index is 643. The van der Waals surface area contributed by atoms with Crippen molar-refractivity contribution in [3.63, 3.8) is 0 Å². The van der Waals surface area contributed by atoms with Gasteiger partial charge in [-0.1, -0.05) is 13.8 Å². The molecule has 0 spiro atoms. The largest absolute Gasteiger partial charge is 0.309 e. The SMILES string of the molecule is Cc1nc(Nc2ncccn2)cc([C@@H]2CCCN2CC(C)C)n1. The second kappa shape index (κ2) is 7.00. The quantitative estimate of drug-likeness (QED) is 0.915. The number of hydrogen-bond acceptors (Lipinski definition) is 6. The lowest BCUT2D eigenvalue weighted by Gasteiger charge is -2.26. The lowest BCUT2D eigenvalue weighted by Crippen LogP contribution is -2.28. The van der Waals surface area contributed by atoms with E-state index in [1.165, 1.54) is 6.42 Å². The molecule has 1 N–H and O–H groups in total. The third-order valence-corrected chi connectivity index (χ3v) is 3.97. The van der Waals surface area contributed by atoms with Crippen molar-refractivity contribution in [2.24, 2.45) is 5.92 Å². The van der Waals surface area contributed by atoms with E-state index in [0.29, 0.717) is 17.9 Å². The van der Waals surface area contributed by atoms with Crippen LogP contribution in [0.2, 0.25) is 0 Å². The van der Waals surface area contributed by atoms with Crippen LogP contribution in [0.3, 0.4) is 0 Å². The Labute approximate surface area is 137 Å². The zero-order chi connectivity index (χ0) is 16.2. The second-order valence-electron chi connectivity index (χ2n) is 6.47. The van der Waals surface area contributed by atoms with E-state index >= 15 is 0 Å². The minimum atomic E-state index is 0.386. The van der Waals surface area contributed by atoms with Crippen LogP contribution in [-0.4, -0.2) is 37.9 Å². The van der Waals surface area contributed by atoms with Crippen LogP contribution in [-0.2, 0) is 0 Å². The number of nitrogens with one attached hydrogen (secondary N) is 1. The van der Waals surface area contributed by atoms with E-state index in [0.717, 1.165) is 36.8 Å². The lowest BCUT2D eigenvalue weighted by molar-refractivity contribution is 0.225. The molecule has 1 aliphatic heterocycles. The first-order valence-corrected chi connectivity index (χ1v) is 8.25. The van der Waals surface area contributed by atoms with Crippen molar-refractivity contribution in [2.45, 2.75) is 39.7 Å². The fourth-order valence-electron chi connectivity index (χ4n) is 3.15. The second-order valence-corrected chi connectivity index (χ2v) is 6.47. The zero-order valence-electron chi connectivity index (χ0n) is 14.0. The molecule has 1 aliphatic rings. The van der Waals surface area contributed by atoms with Crippen molar-refractivity contribution in [3.8, 4) is 0 Å². The molecule has 0 bridgehead atoms. The highest BCUT2D eigenvalue weighted by molar-refractivity contribution is 5.48. The number of likely N-dealkylation sites (tertiary alicyclic amines) is 1. The minimum absolute atomic E-state index is 0.386. The molecule has 1 atom stereocenters. The van der Waals surface area contributed by atoms with E-state index < -0.39 is 0 Å². The van der Waals surface area contributed by atoms with Gasteiger partial charge in [0.15, 0.2) is 0 Å². The summed E-state index contributed by atoms with van der Waals surface area (Å²) in [4.78, 5) is 20.1. The molecular formula is C17H24N6. The summed E-state index contributed by atoms with van der Waals surface area (Å²) in [7, 11) is 0. The average molecular weight is 312 g/mol. The number of aromatic nitrogens is 4. The Kier molecular flexibility index (Phi) is 4.81. The van der Waals surface area contributed by atoms with Gasteiger partial charge in [0.2, 0.25) is 5.95 Å². The zero-order valence-corrected chi connectivity index (χ0v) is 14.0. The molecule has 122 valence electrons. The van der Waals surface area contributed by atoms with Gasteiger partial charge in [0.05, 0.1) is 11.7 Å². The molecule has 6 heteroatoms. The van der Waals surface area contributed by atoms with Crippen LogP contribution in [0.15, 0.2) is 24.5 Å². The van der Waals surface area contributed by atoms with Crippen LogP contribution < -0.4 is 5.32 Å². The van der Waals surface area contributed by atoms with Gasteiger partial charge in [0.1, 0.15) is 11.6 Å². The molecule has 0 aliphatic carbocycles. The summed E-state index contributed by atoms with van der Waals surface area (Å²) < 4.78 is 0. The van der Waals surface area contributed by atoms with Crippen LogP contribution in [0, 0.1) is 12.8 Å². The topological polar surface area (TPSA) is 66.8 Å². The van der Waals surface area contributed by atoms with Crippen molar-refractivity contribution in [3.05, 3.63) is 36.0 Å². The maximum absolute atomic E-state index is 4.68. The summed E-state index contributed by atoms with van der Waals surface area (Å²) in [5.41, 5.74) is 1.09. The predicted molar refractivity (Wildman–Crippen MR) is 90.5 cm³/mol. The van der Waals surface area contributed by atoms with E-state index in [2.05, 4.69) is 44.0 Å². The van der Waals surface area contributed by atoms with E-state index in [9.17, 15) is 0 Å². The summed E-state index contributed by atoms with van der Waals surface area (Å²) in [6, 6.07) is 4.22. The minimum Gasteiger partial charge on any atom is -0.309 e. The van der Waals surface area contributed by atoms with Gasteiger partial charge < -0.3 is 5.32 Å². The van der Waals surface area contributed by atoms with Crippen LogP contribution in [0.1, 0.15) is 44.2 Å². The molecule has 1 fully saturated rings. The molecular weight excluding hydrogens is 288 g/mol. The van der Waals surface area contributed by atoms with Gasteiger partial charge in [-0.3, -0.25) is 4.90 Å². The first-order chi connectivity index (χ1) is 11.1. The molecule has 3 rings (SSSR count). The lowest BCUT2D eigenvalue weighted by atomic mass is 10.1. The molecule has 6 nitrogen and oxygen atoms in total. The van der Waals surface area contributed by atoms with E-state index in [-0.39, 0.29) is 0 Å². The smallest absolute Gasteiger partial charge is 0.228 e. The Hall–Kier alpha value is -2.08. The normalized spacial score (nSPS) is 18.5. The van der Waals surface area contributed by atoms with E-state index in [1.807, 2.05) is 13.0 Å². The van der Waals surface area contributed by atoms with Gasteiger partial charge in [-0.15, -0.1) is 0 Å². The summed E-state index contributed by atoms with van der Waals surface area (Å²) in [5.74, 6) is 2.75. The maximum Gasteiger partial charge on any atom is 0.228 e. The Morgan fingerprint density at radius 3 is 2.78 bits per heavy atom. The van der Waals surface area contributed by atoms with E-state index in [4.69, 9.17) is 0 Å². The van der Waals surface area contributed by atoms with Crippen molar-refractivity contribution in [2.75, 3.05) is 18.4 Å². The van der Waals surface area contributed by atoms with Gasteiger partial charge in [-0.25, -0.2) is 19.9 Å².